The van der Waals surface area contributed by atoms with E-state index in [-0.39, 0.29) is 4.90 Å². The fourth-order valence-electron chi connectivity index (χ4n) is 3.35. The van der Waals surface area contributed by atoms with E-state index in [1.54, 1.807) is 12.1 Å². The summed E-state index contributed by atoms with van der Waals surface area (Å²) < 4.78 is 22.6. The van der Waals surface area contributed by atoms with Crippen molar-refractivity contribution in [3.63, 3.8) is 0 Å². The van der Waals surface area contributed by atoms with E-state index in [1.165, 1.54) is 25.0 Å². The van der Waals surface area contributed by atoms with Crippen LogP contribution >= 0.6 is 0 Å². The van der Waals surface area contributed by atoms with Gasteiger partial charge in [0.1, 0.15) is 5.82 Å². The van der Waals surface area contributed by atoms with Crippen LogP contribution in [-0.4, -0.2) is 38.0 Å². The van der Waals surface area contributed by atoms with Crippen LogP contribution in [0.15, 0.2) is 35.2 Å². The van der Waals surface area contributed by atoms with E-state index in [2.05, 4.69) is 27.1 Å². The van der Waals surface area contributed by atoms with Crippen LogP contribution < -0.4 is 15.4 Å². The quantitative estimate of drug-likeness (QED) is 0.786. The van der Waals surface area contributed by atoms with E-state index in [4.69, 9.17) is 5.14 Å². The third-order valence-corrected chi connectivity index (χ3v) is 5.70. The van der Waals surface area contributed by atoms with Crippen molar-refractivity contribution in [3.8, 4) is 0 Å². The average Bonchev–Trinajstić information content (AvgIpc) is 2.61. The molecule has 1 aliphatic heterocycles. The first-order valence-corrected chi connectivity index (χ1v) is 10.8. The van der Waals surface area contributed by atoms with E-state index < -0.39 is 10.0 Å². The van der Waals surface area contributed by atoms with Gasteiger partial charge in [0.25, 0.3) is 0 Å². The Morgan fingerprint density at radius 3 is 2.67 bits per heavy atom. The molecule has 2 heterocycles. The maximum Gasteiger partial charge on any atom is 0.238 e. The lowest BCUT2D eigenvalue weighted by atomic mass is 10.0. The number of hydrogen-bond acceptors (Lipinski definition) is 6. The molecule has 1 aromatic heterocycles. The molecule has 0 saturated carbocycles. The number of anilines is 2. The van der Waals surface area contributed by atoms with Gasteiger partial charge >= 0.3 is 0 Å². The first-order valence-electron chi connectivity index (χ1n) is 9.27. The zero-order valence-corrected chi connectivity index (χ0v) is 16.7. The number of benzene rings is 1. The van der Waals surface area contributed by atoms with E-state index >= 15 is 0 Å². The first-order chi connectivity index (χ1) is 12.8. The van der Waals surface area contributed by atoms with Crippen molar-refractivity contribution in [1.29, 1.82) is 0 Å². The Hall–Kier alpha value is -2.19. The maximum absolute atomic E-state index is 11.3. The number of hydrogen-bond donors (Lipinski definition) is 2. The fraction of sp³-hybridized carbons (Fsp3) is 0.474. The molecule has 1 aromatic carbocycles. The number of nitrogens with zero attached hydrogens (tertiary/aromatic N) is 3. The monoisotopic (exact) mass is 389 g/mol. The minimum absolute atomic E-state index is 0.127. The summed E-state index contributed by atoms with van der Waals surface area (Å²) in [5.74, 6) is 2.30. The van der Waals surface area contributed by atoms with Crippen molar-refractivity contribution in [2.45, 2.75) is 38.0 Å². The molecule has 8 heteroatoms. The summed E-state index contributed by atoms with van der Waals surface area (Å²) >= 11 is 0. The zero-order valence-electron chi connectivity index (χ0n) is 15.9. The molecule has 1 unspecified atom stereocenters. The number of primary sulfonamides is 1. The number of rotatable bonds is 6. The molecule has 1 saturated heterocycles. The molecule has 3 N–H and O–H groups in total. The van der Waals surface area contributed by atoms with Crippen LogP contribution in [0.1, 0.15) is 31.0 Å². The van der Waals surface area contributed by atoms with Crippen molar-refractivity contribution in [2.75, 3.05) is 29.9 Å². The van der Waals surface area contributed by atoms with E-state index in [0.717, 1.165) is 36.6 Å². The molecule has 0 radical (unpaired) electrons. The summed E-state index contributed by atoms with van der Waals surface area (Å²) in [6, 6.07) is 8.65. The Bertz CT molecular complexity index is 883. The highest BCUT2D eigenvalue weighted by molar-refractivity contribution is 7.89. The summed E-state index contributed by atoms with van der Waals surface area (Å²) in [6.07, 6.45) is 3.20. The minimum Gasteiger partial charge on any atom is -0.356 e. The van der Waals surface area contributed by atoms with Crippen LogP contribution in [-0.2, 0) is 16.4 Å². The number of nitrogens with two attached hydrogens (primary N) is 1. The lowest BCUT2D eigenvalue weighted by Gasteiger charge is -2.32. The molecule has 7 nitrogen and oxygen atoms in total. The van der Waals surface area contributed by atoms with Gasteiger partial charge < -0.3 is 10.2 Å². The highest BCUT2D eigenvalue weighted by atomic mass is 32.2. The predicted molar refractivity (Wildman–Crippen MR) is 107 cm³/mol. The Kier molecular flexibility index (Phi) is 5.96. The highest BCUT2D eigenvalue weighted by Crippen LogP contribution is 2.22. The van der Waals surface area contributed by atoms with Crippen LogP contribution in [0.4, 0.5) is 11.8 Å². The topological polar surface area (TPSA) is 101 Å². The minimum atomic E-state index is -3.65. The Balaban J connectivity index is 1.61. The smallest absolute Gasteiger partial charge is 0.238 e. The summed E-state index contributed by atoms with van der Waals surface area (Å²) in [4.78, 5) is 11.6. The summed E-state index contributed by atoms with van der Waals surface area (Å²) in [6.45, 7) is 6.99. The third kappa shape index (κ3) is 5.40. The molecule has 27 heavy (non-hydrogen) atoms. The molecule has 0 amide bonds. The van der Waals surface area contributed by atoms with Gasteiger partial charge in [-0.05, 0) is 49.8 Å². The summed E-state index contributed by atoms with van der Waals surface area (Å²) in [5, 5.41) is 8.40. The largest absolute Gasteiger partial charge is 0.356 e. The molecule has 0 spiro atoms. The lowest BCUT2D eigenvalue weighted by Crippen LogP contribution is -2.35. The molecule has 1 fully saturated rings. The number of nitrogens with one attached hydrogen (secondary N) is 1. The fourth-order valence-corrected chi connectivity index (χ4v) is 3.87. The summed E-state index contributed by atoms with van der Waals surface area (Å²) in [7, 11) is -3.65. The molecule has 0 bridgehead atoms. The van der Waals surface area contributed by atoms with Crippen molar-refractivity contribution >= 4 is 21.8 Å². The van der Waals surface area contributed by atoms with E-state index in [0.29, 0.717) is 18.4 Å². The lowest BCUT2D eigenvalue weighted by molar-refractivity contribution is 0.444. The molecular weight excluding hydrogens is 362 g/mol. The number of piperidine rings is 1. The van der Waals surface area contributed by atoms with Crippen LogP contribution in [0.2, 0.25) is 0 Å². The van der Waals surface area contributed by atoms with Gasteiger partial charge in [0.2, 0.25) is 16.0 Å². The zero-order chi connectivity index (χ0) is 19.4. The highest BCUT2D eigenvalue weighted by Gasteiger charge is 2.18. The van der Waals surface area contributed by atoms with Gasteiger partial charge in [0.15, 0.2) is 0 Å². The molecule has 3 rings (SSSR count). The van der Waals surface area contributed by atoms with Crippen LogP contribution in [0.25, 0.3) is 0 Å². The van der Waals surface area contributed by atoms with Crippen molar-refractivity contribution in [3.05, 3.63) is 41.6 Å². The predicted octanol–water partition coefficient (Wildman–Crippen LogP) is 2.32. The van der Waals surface area contributed by atoms with Gasteiger partial charge in [-0.3, -0.25) is 0 Å². The summed E-state index contributed by atoms with van der Waals surface area (Å²) in [5.41, 5.74) is 1.96. The Labute approximate surface area is 161 Å². The average molecular weight is 390 g/mol. The maximum atomic E-state index is 11.3. The van der Waals surface area contributed by atoms with Crippen molar-refractivity contribution < 1.29 is 8.42 Å². The van der Waals surface area contributed by atoms with Crippen molar-refractivity contribution in [2.24, 2.45) is 11.1 Å². The van der Waals surface area contributed by atoms with Crippen LogP contribution in [0, 0.1) is 12.8 Å². The molecule has 1 atom stereocenters. The molecule has 0 aliphatic carbocycles. The van der Waals surface area contributed by atoms with Gasteiger partial charge in [-0.2, -0.15) is 4.98 Å². The molecule has 146 valence electrons. The number of aryl methyl sites for hydroxylation is 1. The SMILES string of the molecule is Cc1cc(N2CCCC(C)C2)nc(NCCc2ccc(S(N)(=O)=O)cc2)n1. The normalized spacial score (nSPS) is 17.7. The first kappa shape index (κ1) is 19.6. The van der Waals surface area contributed by atoms with Gasteiger partial charge in [-0.25, -0.2) is 18.5 Å². The Morgan fingerprint density at radius 1 is 1.26 bits per heavy atom. The third-order valence-electron chi connectivity index (χ3n) is 4.77. The van der Waals surface area contributed by atoms with Gasteiger partial charge in [0.05, 0.1) is 4.90 Å². The van der Waals surface area contributed by atoms with Crippen LogP contribution in [0.3, 0.4) is 0 Å². The van der Waals surface area contributed by atoms with Crippen molar-refractivity contribution in [1.82, 2.24) is 9.97 Å². The standard InChI is InChI=1S/C19H27N5O2S/c1-14-4-3-11-24(13-14)18-12-15(2)22-19(23-18)21-10-9-16-5-7-17(8-6-16)27(20,25)26/h5-8,12,14H,3-4,9-11,13H2,1-2H3,(H2,20,25,26)(H,21,22,23). The second kappa shape index (κ2) is 8.22. The van der Waals surface area contributed by atoms with E-state index in [1.807, 2.05) is 13.0 Å². The number of sulfonamides is 1. The number of aromatic nitrogens is 2. The Morgan fingerprint density at radius 2 is 2.00 bits per heavy atom. The molecule has 2 aromatic rings. The van der Waals surface area contributed by atoms with Crippen LogP contribution in [0.5, 0.6) is 0 Å². The second-order valence-electron chi connectivity index (χ2n) is 7.25. The molecule has 1 aliphatic rings. The van der Waals surface area contributed by atoms with E-state index in [9.17, 15) is 8.42 Å². The van der Waals surface area contributed by atoms with Gasteiger partial charge in [-0.15, -0.1) is 0 Å². The molecular formula is C19H27N5O2S. The second-order valence-corrected chi connectivity index (χ2v) is 8.81. The van der Waals surface area contributed by atoms with Gasteiger partial charge in [-0.1, -0.05) is 19.1 Å². The van der Waals surface area contributed by atoms with Gasteiger partial charge in [0, 0.05) is 31.4 Å².